The molecule has 0 unspecified atom stereocenters. The van der Waals surface area contributed by atoms with Gasteiger partial charge in [0.2, 0.25) is 0 Å². The molecule has 0 aliphatic carbocycles. The summed E-state index contributed by atoms with van der Waals surface area (Å²) in [6, 6.07) is 7.07. The third kappa shape index (κ3) is 5.94. The highest BCUT2D eigenvalue weighted by Crippen LogP contribution is 2.26. The van der Waals surface area contributed by atoms with Crippen LogP contribution in [-0.4, -0.2) is 45.2 Å². The van der Waals surface area contributed by atoms with E-state index in [-0.39, 0.29) is 34.5 Å². The Morgan fingerprint density at radius 2 is 0.960 bits per heavy atom. The molecule has 132 valence electrons. The Balaban J connectivity index is 1.78. The van der Waals surface area contributed by atoms with Gasteiger partial charge in [0.1, 0.15) is 47.7 Å². The van der Waals surface area contributed by atoms with Gasteiger partial charge in [0.05, 0.1) is 6.42 Å². The minimum absolute atomic E-state index is 0.0878. The second-order valence-corrected chi connectivity index (χ2v) is 5.20. The minimum atomic E-state index is -0.518. The smallest absolute Gasteiger partial charge is 0.177 e. The van der Waals surface area contributed by atoms with Crippen LogP contribution in [0.5, 0.6) is 34.5 Å². The lowest BCUT2D eigenvalue weighted by atomic mass is 10.2. The summed E-state index contributed by atoms with van der Waals surface area (Å²) in [5, 5.41) is 37.2. The lowest BCUT2D eigenvalue weighted by molar-refractivity contribution is -0.129. The molecular formula is C17H16O8. The molecule has 2 aromatic carbocycles. The first-order valence-corrected chi connectivity index (χ1v) is 7.17. The number of phenols is 4. The predicted octanol–water partition coefficient (Wildman–Crippen LogP) is 1.50. The van der Waals surface area contributed by atoms with Crippen LogP contribution < -0.4 is 9.47 Å². The van der Waals surface area contributed by atoms with Crippen LogP contribution in [0.1, 0.15) is 6.42 Å². The van der Waals surface area contributed by atoms with E-state index in [1.165, 1.54) is 24.3 Å². The van der Waals surface area contributed by atoms with Crippen molar-refractivity contribution in [1.82, 2.24) is 0 Å². The van der Waals surface area contributed by atoms with Crippen molar-refractivity contribution in [2.45, 2.75) is 6.42 Å². The number of aromatic hydroxyl groups is 4. The maximum absolute atomic E-state index is 11.7. The van der Waals surface area contributed by atoms with Crippen LogP contribution in [0.25, 0.3) is 0 Å². The Labute approximate surface area is 142 Å². The van der Waals surface area contributed by atoms with Gasteiger partial charge in [0.25, 0.3) is 0 Å². The van der Waals surface area contributed by atoms with Gasteiger partial charge in [-0.05, 0) is 0 Å². The number of rotatable bonds is 8. The Hall–Kier alpha value is -3.42. The number of phenolic OH excluding ortho intramolecular Hbond substituents is 4. The summed E-state index contributed by atoms with van der Waals surface area (Å²) in [6.07, 6.45) is -0.435. The number of ether oxygens (including phenoxy) is 2. The number of Topliss-reactive ketones (excluding diaryl/α,β-unsaturated/α-hetero) is 2. The number of carbonyl (C=O) groups excluding carboxylic acids is 2. The van der Waals surface area contributed by atoms with Crippen LogP contribution in [0.3, 0.4) is 0 Å². The van der Waals surface area contributed by atoms with Crippen LogP contribution in [0.15, 0.2) is 36.4 Å². The van der Waals surface area contributed by atoms with Crippen molar-refractivity contribution in [3.05, 3.63) is 36.4 Å². The Morgan fingerprint density at radius 1 is 0.640 bits per heavy atom. The summed E-state index contributed by atoms with van der Waals surface area (Å²) in [4.78, 5) is 23.4. The number of benzene rings is 2. The molecule has 0 aliphatic heterocycles. The summed E-state index contributed by atoms with van der Waals surface area (Å²) in [5.41, 5.74) is 0. The van der Waals surface area contributed by atoms with Crippen LogP contribution in [0.2, 0.25) is 0 Å². The lowest BCUT2D eigenvalue weighted by Crippen LogP contribution is -2.20. The first-order valence-electron chi connectivity index (χ1n) is 7.17. The molecule has 25 heavy (non-hydrogen) atoms. The van der Waals surface area contributed by atoms with E-state index in [1.807, 2.05) is 0 Å². The van der Waals surface area contributed by atoms with Crippen molar-refractivity contribution in [3.63, 3.8) is 0 Å². The molecule has 0 spiro atoms. The van der Waals surface area contributed by atoms with E-state index in [4.69, 9.17) is 9.47 Å². The van der Waals surface area contributed by atoms with Gasteiger partial charge < -0.3 is 29.9 Å². The van der Waals surface area contributed by atoms with Crippen molar-refractivity contribution in [2.24, 2.45) is 0 Å². The Kier molecular flexibility index (Phi) is 5.67. The molecule has 2 aromatic rings. The van der Waals surface area contributed by atoms with E-state index >= 15 is 0 Å². The van der Waals surface area contributed by atoms with E-state index < -0.39 is 31.2 Å². The predicted molar refractivity (Wildman–Crippen MR) is 85.2 cm³/mol. The van der Waals surface area contributed by atoms with Gasteiger partial charge in [-0.25, -0.2) is 0 Å². The standard InChI is InChI=1S/C17H16O8/c18-10-1-11(19)5-16(4-10)24-8-14(22)3-15(23)9-25-17-6-12(20)2-13(21)7-17/h1-2,4-7,18-21H,3,8-9H2. The molecular weight excluding hydrogens is 332 g/mol. The SMILES string of the molecule is O=C(COc1cc(O)cc(O)c1)CC(=O)COc1cc(O)cc(O)c1. The largest absolute Gasteiger partial charge is 0.508 e. The number of ketones is 2. The molecule has 0 fully saturated rings. The zero-order valence-electron chi connectivity index (χ0n) is 13.0. The van der Waals surface area contributed by atoms with E-state index in [1.54, 1.807) is 0 Å². The number of carbonyl (C=O) groups is 2. The molecule has 8 nitrogen and oxygen atoms in total. The van der Waals surface area contributed by atoms with E-state index in [0.717, 1.165) is 12.1 Å². The molecule has 0 aliphatic rings. The third-order valence-corrected chi connectivity index (χ3v) is 2.95. The van der Waals surface area contributed by atoms with Crippen molar-refractivity contribution in [1.29, 1.82) is 0 Å². The van der Waals surface area contributed by atoms with Gasteiger partial charge in [-0.3, -0.25) is 9.59 Å². The summed E-state index contributed by atoms with van der Waals surface area (Å²) in [5.74, 6) is -1.75. The normalized spacial score (nSPS) is 10.2. The summed E-state index contributed by atoms with van der Waals surface area (Å²) >= 11 is 0. The minimum Gasteiger partial charge on any atom is -0.508 e. The zero-order valence-corrected chi connectivity index (χ0v) is 13.0. The number of hydrogen-bond donors (Lipinski definition) is 4. The van der Waals surface area contributed by atoms with Gasteiger partial charge in [0.15, 0.2) is 11.6 Å². The molecule has 8 heteroatoms. The molecule has 0 saturated carbocycles. The highest BCUT2D eigenvalue weighted by molar-refractivity contribution is 6.00. The second-order valence-electron chi connectivity index (χ2n) is 5.20. The quantitative estimate of drug-likeness (QED) is 0.527. The Bertz CT molecular complexity index is 678. The Morgan fingerprint density at radius 3 is 1.28 bits per heavy atom. The fourth-order valence-corrected chi connectivity index (χ4v) is 1.95. The average molecular weight is 348 g/mol. The third-order valence-electron chi connectivity index (χ3n) is 2.95. The molecule has 0 bridgehead atoms. The van der Waals surface area contributed by atoms with Gasteiger partial charge in [0, 0.05) is 36.4 Å². The molecule has 0 radical (unpaired) electrons. The molecule has 0 amide bonds. The van der Waals surface area contributed by atoms with Crippen LogP contribution in [0.4, 0.5) is 0 Å². The van der Waals surface area contributed by atoms with Gasteiger partial charge in [-0.1, -0.05) is 0 Å². The van der Waals surface area contributed by atoms with Gasteiger partial charge in [-0.2, -0.15) is 0 Å². The van der Waals surface area contributed by atoms with E-state index in [0.29, 0.717) is 0 Å². The molecule has 0 atom stereocenters. The highest BCUT2D eigenvalue weighted by atomic mass is 16.5. The first-order chi connectivity index (χ1) is 11.8. The van der Waals surface area contributed by atoms with Gasteiger partial charge >= 0.3 is 0 Å². The van der Waals surface area contributed by atoms with E-state index in [9.17, 15) is 30.0 Å². The van der Waals surface area contributed by atoms with E-state index in [2.05, 4.69) is 0 Å². The highest BCUT2D eigenvalue weighted by Gasteiger charge is 2.12. The monoisotopic (exact) mass is 348 g/mol. The second kappa shape index (κ2) is 7.91. The summed E-state index contributed by atoms with van der Waals surface area (Å²) in [6.45, 7) is -0.830. The molecule has 2 rings (SSSR count). The average Bonchev–Trinajstić information content (AvgIpc) is 2.49. The fraction of sp³-hybridized carbons (Fsp3) is 0.176. The van der Waals surface area contributed by atoms with Gasteiger partial charge in [-0.15, -0.1) is 0 Å². The van der Waals surface area contributed by atoms with Crippen molar-refractivity contribution in [2.75, 3.05) is 13.2 Å². The lowest BCUT2D eigenvalue weighted by Gasteiger charge is -2.08. The molecule has 0 saturated heterocycles. The topological polar surface area (TPSA) is 134 Å². The maximum atomic E-state index is 11.7. The van der Waals surface area contributed by atoms with Crippen molar-refractivity contribution in [3.8, 4) is 34.5 Å². The van der Waals surface area contributed by atoms with Crippen LogP contribution in [0, 0.1) is 0 Å². The fourth-order valence-electron chi connectivity index (χ4n) is 1.95. The van der Waals surface area contributed by atoms with Crippen molar-refractivity contribution >= 4 is 11.6 Å². The van der Waals surface area contributed by atoms with Crippen molar-refractivity contribution < 1.29 is 39.5 Å². The first kappa shape index (κ1) is 17.9. The number of hydrogen-bond acceptors (Lipinski definition) is 8. The summed E-state index contributed by atoms with van der Waals surface area (Å²) < 4.78 is 10.2. The maximum Gasteiger partial charge on any atom is 0.177 e. The molecule has 0 aromatic heterocycles. The summed E-state index contributed by atoms with van der Waals surface area (Å²) in [7, 11) is 0. The zero-order chi connectivity index (χ0) is 18.4. The van der Waals surface area contributed by atoms with Crippen LogP contribution in [-0.2, 0) is 9.59 Å². The molecule has 4 N–H and O–H groups in total. The van der Waals surface area contributed by atoms with Crippen LogP contribution >= 0.6 is 0 Å². The molecule has 0 heterocycles.